The van der Waals surface area contributed by atoms with Gasteiger partial charge in [-0.05, 0) is 37.2 Å². The van der Waals surface area contributed by atoms with Crippen LogP contribution in [0, 0.1) is 5.41 Å². The van der Waals surface area contributed by atoms with Gasteiger partial charge in [0.2, 0.25) is 10.0 Å². The third-order valence-electron chi connectivity index (χ3n) is 4.72. The summed E-state index contributed by atoms with van der Waals surface area (Å²) in [6.07, 6.45) is 5.63. The molecule has 5 nitrogen and oxygen atoms in total. The predicted octanol–water partition coefficient (Wildman–Crippen LogP) is 2.13. The number of sulfonamides is 1. The van der Waals surface area contributed by atoms with Crippen molar-refractivity contribution in [1.82, 2.24) is 8.87 Å². The smallest absolute Gasteiger partial charge is 0.244 e. The topological polar surface area (TPSA) is 62.5 Å². The molecule has 3 rings (SSSR count). The summed E-state index contributed by atoms with van der Waals surface area (Å²) in [6.45, 7) is 5.42. The van der Waals surface area contributed by atoms with Gasteiger partial charge in [0.05, 0.1) is 6.61 Å². The number of aromatic nitrogens is 1. The van der Waals surface area contributed by atoms with E-state index in [1.807, 2.05) is 4.57 Å². The Bertz CT molecular complexity index is 619. The molecule has 1 aromatic heterocycles. The summed E-state index contributed by atoms with van der Waals surface area (Å²) in [5.41, 5.74) is 0.927. The number of hydrogen-bond donors (Lipinski definition) is 1. The zero-order valence-corrected chi connectivity index (χ0v) is 13.6. The van der Waals surface area contributed by atoms with Gasteiger partial charge in [0.15, 0.2) is 0 Å². The summed E-state index contributed by atoms with van der Waals surface area (Å²) in [7, 11) is -3.43. The molecule has 1 saturated carbocycles. The Labute approximate surface area is 126 Å². The van der Waals surface area contributed by atoms with Crippen LogP contribution in [0.4, 0.5) is 0 Å². The molecule has 0 unspecified atom stereocenters. The quantitative estimate of drug-likeness (QED) is 0.926. The van der Waals surface area contributed by atoms with E-state index in [2.05, 4.69) is 13.8 Å². The number of hydrogen-bond acceptors (Lipinski definition) is 3. The Kier molecular flexibility index (Phi) is 3.66. The molecule has 0 radical (unpaired) electrons. The monoisotopic (exact) mass is 312 g/mol. The summed E-state index contributed by atoms with van der Waals surface area (Å²) in [4.78, 5) is 0.332. The number of aliphatic hydroxyl groups excluding tert-OH is 1. The summed E-state index contributed by atoms with van der Waals surface area (Å²) in [6, 6.07) is 2.00. The van der Waals surface area contributed by atoms with Crippen molar-refractivity contribution in [3.05, 3.63) is 18.0 Å². The minimum Gasteiger partial charge on any atom is -0.390 e. The molecule has 118 valence electrons. The molecule has 2 aliphatic rings. The molecule has 21 heavy (non-hydrogen) atoms. The van der Waals surface area contributed by atoms with E-state index >= 15 is 0 Å². The van der Waals surface area contributed by atoms with Crippen molar-refractivity contribution in [2.45, 2.75) is 57.1 Å². The molecule has 2 fully saturated rings. The molecule has 0 spiro atoms. The van der Waals surface area contributed by atoms with Crippen molar-refractivity contribution < 1.29 is 13.5 Å². The second kappa shape index (κ2) is 5.11. The first kappa shape index (κ1) is 15.1. The van der Waals surface area contributed by atoms with Crippen LogP contribution in [0.5, 0.6) is 0 Å². The highest BCUT2D eigenvalue weighted by Gasteiger charge is 2.34. The minimum atomic E-state index is -3.43. The van der Waals surface area contributed by atoms with Gasteiger partial charge >= 0.3 is 0 Å². The van der Waals surface area contributed by atoms with Gasteiger partial charge in [0, 0.05) is 31.0 Å². The zero-order valence-electron chi connectivity index (χ0n) is 12.7. The van der Waals surface area contributed by atoms with E-state index in [1.165, 1.54) is 0 Å². The van der Waals surface area contributed by atoms with Gasteiger partial charge in [0.1, 0.15) is 4.90 Å². The standard InChI is InChI=1S/C15H24N2O3S/c1-15(2)5-7-16(8-6-15)21(19,20)14-9-13(11-18)17(10-14)12-3-4-12/h9-10,12,18H,3-8,11H2,1-2H3. The maximum atomic E-state index is 12.8. The third kappa shape index (κ3) is 2.89. The van der Waals surface area contributed by atoms with E-state index in [4.69, 9.17) is 0 Å². The minimum absolute atomic E-state index is 0.112. The Balaban J connectivity index is 1.85. The van der Waals surface area contributed by atoms with E-state index < -0.39 is 10.0 Å². The predicted molar refractivity (Wildman–Crippen MR) is 80.4 cm³/mol. The molecule has 1 N–H and O–H groups in total. The fraction of sp³-hybridized carbons (Fsp3) is 0.733. The van der Waals surface area contributed by atoms with Gasteiger partial charge in [-0.3, -0.25) is 0 Å². The van der Waals surface area contributed by atoms with Gasteiger partial charge < -0.3 is 9.67 Å². The molecule has 0 amide bonds. The Morgan fingerprint density at radius 1 is 1.29 bits per heavy atom. The highest BCUT2D eigenvalue weighted by molar-refractivity contribution is 7.89. The average Bonchev–Trinajstić information content (AvgIpc) is 3.17. The molecule has 0 aromatic carbocycles. The van der Waals surface area contributed by atoms with Gasteiger partial charge in [-0.25, -0.2) is 8.42 Å². The summed E-state index contributed by atoms with van der Waals surface area (Å²) < 4.78 is 29.0. The van der Waals surface area contributed by atoms with Gasteiger partial charge in [-0.2, -0.15) is 4.31 Å². The Morgan fingerprint density at radius 2 is 1.90 bits per heavy atom. The number of aliphatic hydroxyl groups is 1. The number of nitrogens with zero attached hydrogens (tertiary/aromatic N) is 2. The SMILES string of the molecule is CC1(C)CCN(S(=O)(=O)c2cc(CO)n(C3CC3)c2)CC1. The summed E-state index contributed by atoms with van der Waals surface area (Å²) >= 11 is 0. The normalized spacial score (nSPS) is 23.4. The first-order chi connectivity index (χ1) is 9.83. The maximum Gasteiger partial charge on any atom is 0.244 e. The first-order valence-electron chi connectivity index (χ1n) is 7.65. The fourth-order valence-electron chi connectivity index (χ4n) is 2.94. The van der Waals surface area contributed by atoms with E-state index in [9.17, 15) is 13.5 Å². The van der Waals surface area contributed by atoms with Crippen LogP contribution in [0.15, 0.2) is 17.2 Å². The summed E-state index contributed by atoms with van der Waals surface area (Å²) in [5, 5.41) is 9.42. The Hall–Kier alpha value is -0.850. The van der Waals surface area contributed by atoms with Crippen LogP contribution < -0.4 is 0 Å². The van der Waals surface area contributed by atoms with Crippen LogP contribution in [0.25, 0.3) is 0 Å². The van der Waals surface area contributed by atoms with Crippen LogP contribution in [0.2, 0.25) is 0 Å². The average molecular weight is 312 g/mol. The van der Waals surface area contributed by atoms with Crippen molar-refractivity contribution >= 4 is 10.0 Å². The van der Waals surface area contributed by atoms with Crippen LogP contribution >= 0.6 is 0 Å². The maximum absolute atomic E-state index is 12.8. The van der Waals surface area contributed by atoms with Crippen molar-refractivity contribution in [3.8, 4) is 0 Å². The molecular formula is C15H24N2O3S. The number of rotatable bonds is 4. The van der Waals surface area contributed by atoms with Crippen molar-refractivity contribution in [2.75, 3.05) is 13.1 Å². The second-order valence-corrected chi connectivity index (χ2v) is 8.97. The Morgan fingerprint density at radius 3 is 2.43 bits per heavy atom. The van der Waals surface area contributed by atoms with Crippen molar-refractivity contribution in [3.63, 3.8) is 0 Å². The summed E-state index contributed by atoms with van der Waals surface area (Å²) in [5.74, 6) is 0. The lowest BCUT2D eigenvalue weighted by Crippen LogP contribution is -2.40. The lowest BCUT2D eigenvalue weighted by atomic mass is 9.83. The van der Waals surface area contributed by atoms with E-state index in [1.54, 1.807) is 16.6 Å². The van der Waals surface area contributed by atoms with Crippen LogP contribution in [-0.4, -0.2) is 35.5 Å². The molecular weight excluding hydrogens is 288 g/mol. The lowest BCUT2D eigenvalue weighted by Gasteiger charge is -2.35. The van der Waals surface area contributed by atoms with E-state index in [-0.39, 0.29) is 12.0 Å². The molecule has 2 heterocycles. The van der Waals surface area contributed by atoms with E-state index in [0.717, 1.165) is 25.7 Å². The molecule has 0 bridgehead atoms. The highest BCUT2D eigenvalue weighted by Crippen LogP contribution is 2.38. The van der Waals surface area contributed by atoms with Crippen molar-refractivity contribution in [1.29, 1.82) is 0 Å². The van der Waals surface area contributed by atoms with Crippen LogP contribution in [0.1, 0.15) is 51.3 Å². The van der Waals surface area contributed by atoms with Gasteiger partial charge in [-0.1, -0.05) is 13.8 Å². The first-order valence-corrected chi connectivity index (χ1v) is 9.09. The lowest BCUT2D eigenvalue weighted by molar-refractivity contribution is 0.196. The second-order valence-electron chi connectivity index (χ2n) is 7.03. The molecule has 1 saturated heterocycles. The molecule has 1 aromatic rings. The molecule has 6 heteroatoms. The zero-order chi connectivity index (χ0) is 15.3. The fourth-order valence-corrected chi connectivity index (χ4v) is 4.43. The highest BCUT2D eigenvalue weighted by atomic mass is 32.2. The van der Waals surface area contributed by atoms with E-state index in [0.29, 0.717) is 29.7 Å². The largest absolute Gasteiger partial charge is 0.390 e. The number of piperidine rings is 1. The van der Waals surface area contributed by atoms with Gasteiger partial charge in [-0.15, -0.1) is 0 Å². The van der Waals surface area contributed by atoms with Gasteiger partial charge in [0.25, 0.3) is 0 Å². The molecule has 1 aliphatic carbocycles. The molecule has 1 aliphatic heterocycles. The van der Waals surface area contributed by atoms with Crippen molar-refractivity contribution in [2.24, 2.45) is 5.41 Å². The third-order valence-corrected chi connectivity index (χ3v) is 6.59. The van der Waals surface area contributed by atoms with Crippen LogP contribution in [0.3, 0.4) is 0 Å². The molecule has 0 atom stereocenters. The van der Waals surface area contributed by atoms with Crippen LogP contribution in [-0.2, 0) is 16.6 Å².